The fourth-order valence-corrected chi connectivity index (χ4v) is 4.04. The molecule has 0 spiro atoms. The van der Waals surface area contributed by atoms with Gasteiger partial charge in [0.15, 0.2) is 0 Å². The van der Waals surface area contributed by atoms with E-state index in [1.54, 1.807) is 19.0 Å². The van der Waals surface area contributed by atoms with Crippen molar-refractivity contribution < 1.29 is 13.9 Å². The van der Waals surface area contributed by atoms with Gasteiger partial charge in [0.05, 0.1) is 6.04 Å². The van der Waals surface area contributed by atoms with Crippen molar-refractivity contribution in [3.63, 3.8) is 0 Å². The van der Waals surface area contributed by atoms with Crippen molar-refractivity contribution in [1.29, 1.82) is 0 Å². The molecule has 2 fully saturated rings. The molecule has 0 N–H and O–H groups in total. The SMILES string of the molecule is CN(C)C(=O)c1cccc(CN2CCCC[C@H]2c2nnc([C@H]3CCCO3)o2)c1. The number of hydrogen-bond donors (Lipinski definition) is 0. The van der Waals surface area contributed by atoms with Gasteiger partial charge in [-0.15, -0.1) is 10.2 Å². The second-order valence-electron chi connectivity index (χ2n) is 7.86. The van der Waals surface area contributed by atoms with Gasteiger partial charge in [0.25, 0.3) is 5.91 Å². The van der Waals surface area contributed by atoms with E-state index in [4.69, 9.17) is 9.15 Å². The van der Waals surface area contributed by atoms with Crippen molar-refractivity contribution in [2.24, 2.45) is 0 Å². The number of amides is 1. The van der Waals surface area contributed by atoms with Gasteiger partial charge in [0.1, 0.15) is 6.10 Å². The second-order valence-corrected chi connectivity index (χ2v) is 7.86. The average Bonchev–Trinajstić information content (AvgIpc) is 3.40. The maximum Gasteiger partial charge on any atom is 0.253 e. The first-order valence-electron chi connectivity index (χ1n) is 10.1. The van der Waals surface area contributed by atoms with Gasteiger partial charge >= 0.3 is 0 Å². The van der Waals surface area contributed by atoms with Crippen LogP contribution in [-0.2, 0) is 11.3 Å². The summed E-state index contributed by atoms with van der Waals surface area (Å²) in [4.78, 5) is 16.3. The van der Waals surface area contributed by atoms with E-state index in [2.05, 4.69) is 21.2 Å². The molecule has 4 rings (SSSR count). The van der Waals surface area contributed by atoms with Crippen molar-refractivity contribution in [3.8, 4) is 0 Å². The molecule has 2 aliphatic heterocycles. The Labute approximate surface area is 165 Å². The molecule has 2 aliphatic rings. The molecule has 0 bridgehead atoms. The molecule has 0 radical (unpaired) electrons. The van der Waals surface area contributed by atoms with Gasteiger partial charge in [-0.2, -0.15) is 0 Å². The Balaban J connectivity index is 1.50. The van der Waals surface area contributed by atoms with Crippen LogP contribution in [0.4, 0.5) is 0 Å². The maximum atomic E-state index is 12.3. The molecule has 2 saturated heterocycles. The Bertz CT molecular complexity index is 813. The van der Waals surface area contributed by atoms with Gasteiger partial charge in [-0.05, 0) is 49.9 Å². The van der Waals surface area contributed by atoms with Crippen LogP contribution in [0, 0.1) is 0 Å². The molecule has 7 nitrogen and oxygen atoms in total. The smallest absolute Gasteiger partial charge is 0.253 e. The van der Waals surface area contributed by atoms with Crippen LogP contribution >= 0.6 is 0 Å². The topological polar surface area (TPSA) is 71.7 Å². The number of ether oxygens (including phenoxy) is 1. The molecule has 0 unspecified atom stereocenters. The fraction of sp³-hybridized carbons (Fsp3) is 0.571. The molecule has 3 heterocycles. The Morgan fingerprint density at radius 1 is 1.18 bits per heavy atom. The fourth-order valence-electron chi connectivity index (χ4n) is 4.04. The van der Waals surface area contributed by atoms with Gasteiger partial charge in [0.2, 0.25) is 11.8 Å². The molecule has 1 aromatic carbocycles. The van der Waals surface area contributed by atoms with E-state index in [9.17, 15) is 4.79 Å². The number of benzene rings is 1. The minimum Gasteiger partial charge on any atom is -0.421 e. The van der Waals surface area contributed by atoms with Gasteiger partial charge < -0.3 is 14.1 Å². The van der Waals surface area contributed by atoms with Crippen LogP contribution in [0.3, 0.4) is 0 Å². The number of piperidine rings is 1. The highest BCUT2D eigenvalue weighted by molar-refractivity contribution is 5.94. The molecule has 1 amide bonds. The molecule has 28 heavy (non-hydrogen) atoms. The van der Waals surface area contributed by atoms with Crippen LogP contribution in [0.2, 0.25) is 0 Å². The summed E-state index contributed by atoms with van der Waals surface area (Å²) in [7, 11) is 3.55. The third kappa shape index (κ3) is 4.10. The van der Waals surface area contributed by atoms with Crippen LogP contribution in [0.1, 0.15) is 72.0 Å². The monoisotopic (exact) mass is 384 g/mol. The summed E-state index contributed by atoms with van der Waals surface area (Å²) in [5.74, 6) is 1.32. The Hall–Kier alpha value is -2.25. The number of rotatable bonds is 5. The highest BCUT2D eigenvalue weighted by Gasteiger charge is 2.31. The Morgan fingerprint density at radius 2 is 2.04 bits per heavy atom. The zero-order valence-corrected chi connectivity index (χ0v) is 16.6. The summed E-state index contributed by atoms with van der Waals surface area (Å²) in [6, 6.07) is 7.99. The minimum absolute atomic E-state index is 0.0233. The van der Waals surface area contributed by atoms with Crippen LogP contribution in [-0.4, -0.2) is 53.2 Å². The van der Waals surface area contributed by atoms with E-state index >= 15 is 0 Å². The van der Waals surface area contributed by atoms with Crippen LogP contribution < -0.4 is 0 Å². The molecule has 2 aromatic rings. The first-order valence-corrected chi connectivity index (χ1v) is 10.1. The van der Waals surface area contributed by atoms with Crippen molar-refractivity contribution in [2.45, 2.75) is 50.8 Å². The molecule has 0 aliphatic carbocycles. The zero-order valence-electron chi connectivity index (χ0n) is 16.6. The van der Waals surface area contributed by atoms with Crippen LogP contribution in [0.5, 0.6) is 0 Å². The second kappa shape index (κ2) is 8.41. The number of nitrogens with zero attached hydrogens (tertiary/aromatic N) is 4. The molecule has 7 heteroatoms. The number of aromatic nitrogens is 2. The van der Waals surface area contributed by atoms with Gasteiger partial charge in [-0.25, -0.2) is 0 Å². The summed E-state index contributed by atoms with van der Waals surface area (Å²) >= 11 is 0. The third-order valence-electron chi connectivity index (χ3n) is 5.53. The number of hydrogen-bond acceptors (Lipinski definition) is 6. The molecular weight excluding hydrogens is 356 g/mol. The maximum absolute atomic E-state index is 12.3. The summed E-state index contributed by atoms with van der Waals surface area (Å²) in [6.07, 6.45) is 5.25. The summed E-state index contributed by atoms with van der Waals surface area (Å²) in [5.41, 5.74) is 1.84. The summed E-state index contributed by atoms with van der Waals surface area (Å²) in [5, 5.41) is 8.60. The van der Waals surface area contributed by atoms with Gasteiger partial charge in [-0.1, -0.05) is 18.6 Å². The first-order chi connectivity index (χ1) is 13.6. The van der Waals surface area contributed by atoms with Gasteiger partial charge in [0, 0.05) is 32.8 Å². The van der Waals surface area contributed by atoms with Crippen molar-refractivity contribution in [1.82, 2.24) is 20.0 Å². The van der Waals surface area contributed by atoms with Crippen LogP contribution in [0.15, 0.2) is 28.7 Å². The lowest BCUT2D eigenvalue weighted by molar-refractivity contribution is 0.0794. The normalized spacial score (nSPS) is 23.1. The molecule has 2 atom stereocenters. The Morgan fingerprint density at radius 3 is 2.82 bits per heavy atom. The van der Waals surface area contributed by atoms with Gasteiger partial charge in [-0.3, -0.25) is 9.69 Å². The predicted molar refractivity (Wildman–Crippen MR) is 104 cm³/mol. The standard InChI is InChI=1S/C21H28N4O3/c1-24(2)21(26)16-8-5-7-15(13-16)14-25-11-4-3-9-17(25)19-22-23-20(28-19)18-10-6-12-27-18/h5,7-8,13,17-18H,3-4,6,9-12,14H2,1-2H3/t17-,18+/m0/s1. The molecule has 0 saturated carbocycles. The predicted octanol–water partition coefficient (Wildman–Crippen LogP) is 3.35. The van der Waals surface area contributed by atoms with Crippen molar-refractivity contribution in [2.75, 3.05) is 27.2 Å². The Kier molecular flexibility index (Phi) is 5.73. The van der Waals surface area contributed by atoms with Crippen molar-refractivity contribution >= 4 is 5.91 Å². The summed E-state index contributed by atoms with van der Waals surface area (Å²) < 4.78 is 11.7. The van der Waals surface area contributed by atoms with E-state index in [1.807, 2.05) is 18.2 Å². The highest BCUT2D eigenvalue weighted by atomic mass is 16.5. The lowest BCUT2D eigenvalue weighted by Gasteiger charge is -2.33. The number of carbonyl (C=O) groups is 1. The number of likely N-dealkylation sites (tertiary alicyclic amines) is 1. The van der Waals surface area contributed by atoms with E-state index in [-0.39, 0.29) is 18.1 Å². The zero-order chi connectivity index (χ0) is 19.5. The van der Waals surface area contributed by atoms with E-state index in [0.29, 0.717) is 11.8 Å². The lowest BCUT2D eigenvalue weighted by atomic mass is 10.0. The van der Waals surface area contributed by atoms with Crippen molar-refractivity contribution in [3.05, 3.63) is 47.2 Å². The van der Waals surface area contributed by atoms with E-state index in [1.165, 1.54) is 0 Å². The quantitative estimate of drug-likeness (QED) is 0.787. The third-order valence-corrected chi connectivity index (χ3v) is 5.53. The number of carbonyl (C=O) groups excluding carboxylic acids is 1. The lowest BCUT2D eigenvalue weighted by Crippen LogP contribution is -2.33. The minimum atomic E-state index is -0.0491. The summed E-state index contributed by atoms with van der Waals surface area (Å²) in [6.45, 7) is 2.50. The largest absolute Gasteiger partial charge is 0.421 e. The average molecular weight is 384 g/mol. The highest BCUT2D eigenvalue weighted by Crippen LogP contribution is 2.34. The van der Waals surface area contributed by atoms with E-state index in [0.717, 1.165) is 62.9 Å². The van der Waals surface area contributed by atoms with E-state index < -0.39 is 0 Å². The molecule has 1 aromatic heterocycles. The molecular formula is C21H28N4O3. The van der Waals surface area contributed by atoms with Crippen LogP contribution in [0.25, 0.3) is 0 Å². The molecule has 150 valence electrons. The first kappa shape index (κ1) is 19.1.